The molecule has 0 aliphatic rings. The van der Waals surface area contributed by atoms with Crippen molar-refractivity contribution >= 4 is 20.2 Å². The first-order chi connectivity index (χ1) is 13.8. The number of hydrogen-bond donors (Lipinski definition) is 0. The van der Waals surface area contributed by atoms with Gasteiger partial charge in [-0.05, 0) is 37.6 Å². The number of hydrogen-bond acceptors (Lipinski definition) is 6. The van der Waals surface area contributed by atoms with Crippen LogP contribution in [0.2, 0.25) is 0 Å². The third kappa shape index (κ3) is 7.22. The van der Waals surface area contributed by atoms with Crippen LogP contribution in [0.5, 0.6) is 0 Å². The summed E-state index contributed by atoms with van der Waals surface area (Å²) in [5.41, 5.74) is 0. The third-order valence-electron chi connectivity index (χ3n) is 4.46. The first kappa shape index (κ1) is 23.5. The molecule has 0 aliphatic heterocycles. The zero-order chi connectivity index (χ0) is 21.3. The molecule has 0 saturated heterocycles. The third-order valence-corrected chi connectivity index (χ3v) is 7.21. The average Bonchev–Trinajstić information content (AvgIpc) is 2.71. The smallest absolute Gasteiger partial charge is 0.261 e. The molecule has 2 aromatic rings. The summed E-state index contributed by atoms with van der Waals surface area (Å²) < 4.78 is 61.1. The van der Waals surface area contributed by atoms with Crippen molar-refractivity contribution in [2.45, 2.75) is 68.0 Å². The summed E-state index contributed by atoms with van der Waals surface area (Å²) in [4.78, 5) is 0.0409. The van der Waals surface area contributed by atoms with Crippen LogP contribution in [0.25, 0.3) is 0 Å². The summed E-state index contributed by atoms with van der Waals surface area (Å²) in [5.74, 6) is 0. The van der Waals surface area contributed by atoms with Crippen molar-refractivity contribution in [2.24, 2.45) is 0 Å². The highest BCUT2D eigenvalue weighted by Crippen LogP contribution is 2.23. The number of benzene rings is 2. The van der Waals surface area contributed by atoms with Crippen LogP contribution in [0, 0.1) is 0 Å². The molecule has 2 unspecified atom stereocenters. The van der Waals surface area contributed by atoms with Gasteiger partial charge >= 0.3 is 0 Å². The van der Waals surface area contributed by atoms with E-state index in [0.717, 1.165) is 19.3 Å². The summed E-state index contributed by atoms with van der Waals surface area (Å²) in [6.07, 6.45) is 2.13. The fourth-order valence-electron chi connectivity index (χ4n) is 2.84. The Morgan fingerprint density at radius 2 is 1.21 bits per heavy atom. The fourth-order valence-corrected chi connectivity index (χ4v) is 5.15. The van der Waals surface area contributed by atoms with E-state index in [0.29, 0.717) is 12.8 Å². The molecule has 0 aliphatic carbocycles. The zero-order valence-electron chi connectivity index (χ0n) is 16.7. The van der Waals surface area contributed by atoms with E-state index in [4.69, 9.17) is 8.37 Å². The Morgan fingerprint density at radius 1 is 0.724 bits per heavy atom. The van der Waals surface area contributed by atoms with Crippen LogP contribution >= 0.6 is 0 Å². The van der Waals surface area contributed by atoms with Gasteiger partial charge in [0.1, 0.15) is 12.2 Å². The van der Waals surface area contributed by atoms with Crippen molar-refractivity contribution in [3.05, 3.63) is 60.7 Å². The van der Waals surface area contributed by atoms with Gasteiger partial charge in [0.15, 0.2) is 0 Å². The molecule has 6 nitrogen and oxygen atoms in total. The number of rotatable bonds is 12. The molecule has 29 heavy (non-hydrogen) atoms. The SMILES string of the molecule is CCCCCCC(OS(=O)(=O)c1ccccc1)C(C)OS(=O)(=O)c1ccccc1. The van der Waals surface area contributed by atoms with Gasteiger partial charge in [0, 0.05) is 0 Å². The quantitative estimate of drug-likeness (QED) is 0.356. The maximum Gasteiger partial charge on any atom is 0.297 e. The minimum absolute atomic E-state index is 0.0162. The Balaban J connectivity index is 2.18. The minimum Gasteiger partial charge on any atom is -0.261 e. The summed E-state index contributed by atoms with van der Waals surface area (Å²) in [6.45, 7) is 3.59. The lowest BCUT2D eigenvalue weighted by molar-refractivity contribution is 0.0667. The second kappa shape index (κ2) is 10.9. The summed E-state index contributed by atoms with van der Waals surface area (Å²) in [7, 11) is -8.08. The molecule has 160 valence electrons. The maximum atomic E-state index is 12.6. The first-order valence-corrected chi connectivity index (χ1v) is 12.5. The van der Waals surface area contributed by atoms with E-state index in [1.807, 2.05) is 0 Å². The molecule has 2 atom stereocenters. The molecular formula is C21H28O6S2. The van der Waals surface area contributed by atoms with Crippen LogP contribution < -0.4 is 0 Å². The fraction of sp³-hybridized carbons (Fsp3) is 0.429. The van der Waals surface area contributed by atoms with Gasteiger partial charge in [0.2, 0.25) is 0 Å². The molecule has 0 saturated carbocycles. The van der Waals surface area contributed by atoms with Gasteiger partial charge in [-0.1, -0.05) is 69.0 Å². The second-order valence-corrected chi connectivity index (χ2v) is 9.96. The Labute approximate surface area is 174 Å². The van der Waals surface area contributed by atoms with Crippen molar-refractivity contribution in [2.75, 3.05) is 0 Å². The monoisotopic (exact) mass is 440 g/mol. The van der Waals surface area contributed by atoms with Gasteiger partial charge < -0.3 is 0 Å². The summed E-state index contributed by atoms with van der Waals surface area (Å²) in [5, 5.41) is 0. The largest absolute Gasteiger partial charge is 0.297 e. The van der Waals surface area contributed by atoms with Crippen LogP contribution in [-0.2, 0) is 28.6 Å². The number of unbranched alkanes of at least 4 members (excludes halogenated alkanes) is 3. The van der Waals surface area contributed by atoms with Gasteiger partial charge in [-0.25, -0.2) is 0 Å². The molecule has 0 spiro atoms. The van der Waals surface area contributed by atoms with Crippen LogP contribution in [0.4, 0.5) is 0 Å². The Bertz CT molecular complexity index is 941. The van der Waals surface area contributed by atoms with Crippen LogP contribution in [0.15, 0.2) is 70.5 Å². The Hall–Kier alpha value is -1.74. The van der Waals surface area contributed by atoms with E-state index < -0.39 is 32.4 Å². The molecule has 0 bridgehead atoms. The lowest BCUT2D eigenvalue weighted by atomic mass is 10.1. The van der Waals surface area contributed by atoms with E-state index >= 15 is 0 Å². The molecule has 0 heterocycles. The van der Waals surface area contributed by atoms with E-state index in [1.54, 1.807) is 36.4 Å². The van der Waals surface area contributed by atoms with Gasteiger partial charge in [-0.15, -0.1) is 0 Å². The topological polar surface area (TPSA) is 86.7 Å². The summed E-state index contributed by atoms with van der Waals surface area (Å²) in [6, 6.07) is 15.6. The van der Waals surface area contributed by atoms with E-state index in [9.17, 15) is 16.8 Å². The molecule has 0 N–H and O–H groups in total. The highest BCUT2D eigenvalue weighted by Gasteiger charge is 2.30. The molecular weight excluding hydrogens is 412 g/mol. The van der Waals surface area contributed by atoms with Gasteiger partial charge in [0.05, 0.1) is 9.79 Å². The van der Waals surface area contributed by atoms with Crippen LogP contribution in [0.3, 0.4) is 0 Å². The molecule has 0 amide bonds. The van der Waals surface area contributed by atoms with E-state index in [2.05, 4.69) is 6.92 Å². The lowest BCUT2D eigenvalue weighted by Gasteiger charge is -2.24. The molecule has 0 fully saturated rings. The second-order valence-electron chi connectivity index (χ2n) is 6.82. The lowest BCUT2D eigenvalue weighted by Crippen LogP contribution is -2.33. The summed E-state index contributed by atoms with van der Waals surface area (Å²) >= 11 is 0. The Kier molecular flexibility index (Phi) is 8.82. The molecule has 0 aromatic heterocycles. The molecule has 2 rings (SSSR count). The van der Waals surface area contributed by atoms with Crippen molar-refractivity contribution < 1.29 is 25.2 Å². The highest BCUT2D eigenvalue weighted by molar-refractivity contribution is 7.87. The standard InChI is InChI=1S/C21H28O6S2/c1-3-4-5-12-17-21(27-29(24,25)20-15-10-7-11-16-20)18(2)26-28(22,23)19-13-8-6-9-14-19/h6-11,13-16,18,21H,3-5,12,17H2,1-2H3. The minimum atomic E-state index is -4.04. The molecule has 0 radical (unpaired) electrons. The maximum absolute atomic E-state index is 12.6. The van der Waals surface area contributed by atoms with Crippen molar-refractivity contribution in [1.29, 1.82) is 0 Å². The predicted octanol–water partition coefficient (Wildman–Crippen LogP) is 4.52. The predicted molar refractivity (Wildman–Crippen MR) is 111 cm³/mol. The zero-order valence-corrected chi connectivity index (χ0v) is 18.4. The van der Waals surface area contributed by atoms with E-state index in [1.165, 1.54) is 31.2 Å². The normalized spacial score (nSPS) is 14.4. The van der Waals surface area contributed by atoms with Crippen LogP contribution in [0.1, 0.15) is 46.0 Å². The van der Waals surface area contributed by atoms with E-state index in [-0.39, 0.29) is 9.79 Å². The van der Waals surface area contributed by atoms with Crippen molar-refractivity contribution in [3.63, 3.8) is 0 Å². The van der Waals surface area contributed by atoms with Gasteiger partial charge in [0.25, 0.3) is 20.2 Å². The van der Waals surface area contributed by atoms with Gasteiger partial charge in [-0.2, -0.15) is 16.8 Å². The van der Waals surface area contributed by atoms with Crippen molar-refractivity contribution in [3.8, 4) is 0 Å². The molecule has 8 heteroatoms. The van der Waals surface area contributed by atoms with Crippen molar-refractivity contribution in [1.82, 2.24) is 0 Å². The van der Waals surface area contributed by atoms with Crippen LogP contribution in [-0.4, -0.2) is 29.0 Å². The Morgan fingerprint density at radius 3 is 1.69 bits per heavy atom. The highest BCUT2D eigenvalue weighted by atomic mass is 32.2. The average molecular weight is 441 g/mol. The first-order valence-electron chi connectivity index (χ1n) is 9.73. The van der Waals surface area contributed by atoms with Gasteiger partial charge in [-0.3, -0.25) is 8.37 Å². The molecule has 2 aromatic carbocycles.